The van der Waals surface area contributed by atoms with Gasteiger partial charge in [0.1, 0.15) is 0 Å². The summed E-state index contributed by atoms with van der Waals surface area (Å²) in [4.78, 5) is 6.53. The van der Waals surface area contributed by atoms with Gasteiger partial charge in [0.2, 0.25) is 0 Å². The summed E-state index contributed by atoms with van der Waals surface area (Å²) in [6.45, 7) is 0. The second-order valence-electron chi connectivity index (χ2n) is 24.6. The van der Waals surface area contributed by atoms with Gasteiger partial charge in [-0.25, -0.2) is 0 Å². The van der Waals surface area contributed by atoms with Gasteiger partial charge in [-0.15, -0.1) is 0 Å². The van der Waals surface area contributed by atoms with E-state index in [0.717, 1.165) is 0 Å². The van der Waals surface area contributed by atoms with Crippen molar-refractivity contribution in [2.24, 2.45) is 0 Å². The van der Waals surface area contributed by atoms with Crippen LogP contribution in [-0.4, -0.2) is 0 Å². The Labute approximate surface area is 624 Å². The van der Waals surface area contributed by atoms with Gasteiger partial charge in [0.05, 0.1) is 192 Å². The number of hydrogen-bond donors (Lipinski definition) is 0. The number of anilines is 12. The molecule has 0 saturated heterocycles. The molecule has 12 aromatic rings. The van der Waals surface area contributed by atoms with Crippen LogP contribution in [0.1, 0.15) is 111 Å². The van der Waals surface area contributed by atoms with E-state index in [1.165, 1.54) is 146 Å². The highest BCUT2D eigenvalue weighted by atomic mass is 15.2. The topological polar surface area (TPSA) is 394 Å². The van der Waals surface area contributed by atoms with Gasteiger partial charge in [-0.3, -0.25) is 0 Å². The van der Waals surface area contributed by atoms with E-state index in [2.05, 4.69) is 97.1 Å². The van der Waals surface area contributed by atoms with Gasteiger partial charge in [0.25, 0.3) is 0 Å². The van der Waals surface area contributed by atoms with Crippen molar-refractivity contribution < 1.29 is 0 Å². The predicted octanol–water partition coefficient (Wildman–Crippen LogP) is 17.9. The summed E-state index contributed by atoms with van der Waals surface area (Å²) in [7, 11) is 0. The minimum absolute atomic E-state index is 0.0195. The number of benzene rings is 12. The first-order chi connectivity index (χ1) is 53.1. The monoisotopic (exact) mass is 1390 g/mol. The number of fused-ring (bicyclic) bond motifs is 3. The normalized spacial score (nSPS) is 10.7. The van der Waals surface area contributed by atoms with Crippen LogP contribution in [0.4, 0.5) is 68.2 Å². The molecule has 0 fully saturated rings. The Morgan fingerprint density at radius 1 is 0.165 bits per heavy atom. The summed E-state index contributed by atoms with van der Waals surface area (Å²) in [6, 6.07) is 95.4. The van der Waals surface area contributed by atoms with Gasteiger partial charge in [0.15, 0.2) is 0 Å². The van der Waals surface area contributed by atoms with Crippen LogP contribution in [0.2, 0.25) is 0 Å². The van der Waals surface area contributed by atoms with Crippen LogP contribution in [0.3, 0.4) is 0 Å². The van der Waals surface area contributed by atoms with Crippen molar-refractivity contribution in [1.82, 2.24) is 0 Å². The highest BCUT2D eigenvalue weighted by Crippen LogP contribution is 2.60. The molecule has 494 valence electrons. The van der Waals surface area contributed by atoms with Crippen molar-refractivity contribution in [1.29, 1.82) is 84.2 Å². The Bertz CT molecular complexity index is 5410. The Kier molecular flexibility index (Phi) is 18.5. The summed E-state index contributed by atoms with van der Waals surface area (Å²) >= 11 is 0. The lowest BCUT2D eigenvalue weighted by Crippen LogP contribution is -2.30. The predicted molar refractivity (Wildman–Crippen MR) is 398 cm³/mol. The molecule has 0 radical (unpaired) electrons. The number of nitriles is 16. The molecule has 0 amide bonds. The van der Waals surface area contributed by atoms with Crippen molar-refractivity contribution in [2.75, 3.05) is 19.6 Å². The zero-order chi connectivity index (χ0) is 76.6. The molecule has 0 spiro atoms. The third kappa shape index (κ3) is 12.8. The lowest BCUT2D eigenvalue weighted by molar-refractivity contribution is 0.768. The average molecular weight is 1390 g/mol. The molecule has 1 aliphatic rings. The number of hydrogen-bond acceptors (Lipinski definition) is 20. The molecule has 20 nitrogen and oxygen atoms in total. The standard InChI is InChI=1S/C89H38N20/c90-39-55-9-56(40-91)18-73(17-55)106(74-19-57(41-92)10-58(20-74)42-93)81-33-71(34-82(37-81)107(75-21-59(43-94)11-60(22-75)44-95)76-23-61(45-96)12-62(24-76)46-97)89(87-7-3-1-5-85(87)86-6-2-4-8-88(86)89)72-35-83(108(77-25-63(47-98)13-64(26-77)48-99)78-27-65(49-100)14-66(28-78)50-101)38-84(36-72)109(79-29-67(51-102)15-68(30-79)52-103)80-31-69(53-104)16-70(32-80)54-105/h1-38H. The van der Waals surface area contributed by atoms with Crippen LogP contribution < -0.4 is 19.6 Å². The van der Waals surface area contributed by atoms with E-state index < -0.39 is 5.41 Å². The van der Waals surface area contributed by atoms with Gasteiger partial charge in [-0.05, 0) is 215 Å². The van der Waals surface area contributed by atoms with Crippen molar-refractivity contribution in [3.8, 4) is 108 Å². The van der Waals surface area contributed by atoms with E-state index in [1.807, 2.05) is 72.8 Å². The van der Waals surface area contributed by atoms with Crippen molar-refractivity contribution in [3.05, 3.63) is 342 Å². The lowest BCUT2D eigenvalue weighted by atomic mass is 9.67. The molecule has 0 unspecified atom stereocenters. The molecule has 20 heteroatoms. The van der Waals surface area contributed by atoms with E-state index in [4.69, 9.17) is 0 Å². The fourth-order valence-corrected chi connectivity index (χ4v) is 13.9. The fourth-order valence-electron chi connectivity index (χ4n) is 13.9. The van der Waals surface area contributed by atoms with Crippen LogP contribution >= 0.6 is 0 Å². The van der Waals surface area contributed by atoms with E-state index in [0.29, 0.717) is 33.4 Å². The molecule has 0 saturated carbocycles. The zero-order valence-electron chi connectivity index (χ0n) is 56.4. The molecule has 0 bridgehead atoms. The smallest absolute Gasteiger partial charge is 0.0992 e. The summed E-state index contributed by atoms with van der Waals surface area (Å²) in [5.41, 5.74) is 3.47. The largest absolute Gasteiger partial charge is 0.310 e. The Morgan fingerprint density at radius 3 is 0.450 bits per heavy atom. The van der Waals surface area contributed by atoms with Crippen LogP contribution in [0.25, 0.3) is 11.1 Å². The third-order valence-electron chi connectivity index (χ3n) is 18.1. The highest BCUT2D eigenvalue weighted by molar-refractivity contribution is 5.94. The maximum atomic E-state index is 10.8. The van der Waals surface area contributed by atoms with Gasteiger partial charge in [-0.1, -0.05) is 48.5 Å². The molecule has 109 heavy (non-hydrogen) atoms. The Balaban J connectivity index is 1.31. The van der Waals surface area contributed by atoms with Crippen LogP contribution in [-0.2, 0) is 5.41 Å². The summed E-state index contributed by atoms with van der Waals surface area (Å²) in [5.74, 6) is 0. The number of nitrogens with zero attached hydrogens (tertiary/aromatic N) is 20. The van der Waals surface area contributed by atoms with Gasteiger partial charge < -0.3 is 19.6 Å². The van der Waals surface area contributed by atoms with E-state index in [-0.39, 0.29) is 157 Å². The molecular weight excluding hydrogens is 1350 g/mol. The quantitative estimate of drug-likeness (QED) is 0.0975. The average Bonchev–Trinajstić information content (AvgIpc) is 1.55. The van der Waals surface area contributed by atoms with Gasteiger partial charge in [0, 0.05) is 68.2 Å². The molecule has 0 aromatic heterocycles. The fraction of sp³-hybridized carbons (Fsp3) is 0.0112. The SMILES string of the molecule is N#Cc1cc(C#N)cc(N(c2cc(C#N)cc(C#N)c2)c2cc(N(c3cc(C#N)cc(C#N)c3)c3cc(C#N)cc(C#N)c3)cc(C3(c4cc(N(c5cc(C#N)cc(C#N)c5)c5cc(C#N)cc(C#N)c5)cc(N(c5cc(C#N)cc(C#N)c5)c5cc(C#N)cc(C#N)c5)c4)c4ccccc4-c4ccccc43)c2)c1. The molecule has 0 heterocycles. The van der Waals surface area contributed by atoms with Crippen molar-refractivity contribution in [3.63, 3.8) is 0 Å². The second-order valence-corrected chi connectivity index (χ2v) is 24.6. The minimum atomic E-state index is -1.81. The summed E-state index contributed by atoms with van der Waals surface area (Å²) in [6.07, 6.45) is 0. The van der Waals surface area contributed by atoms with E-state index >= 15 is 0 Å². The molecule has 0 aliphatic heterocycles. The first-order valence-electron chi connectivity index (χ1n) is 32.5. The third-order valence-corrected chi connectivity index (χ3v) is 18.1. The minimum Gasteiger partial charge on any atom is -0.310 e. The molecule has 13 rings (SSSR count). The molecule has 0 N–H and O–H groups in total. The van der Waals surface area contributed by atoms with Crippen LogP contribution in [0.15, 0.2) is 231 Å². The van der Waals surface area contributed by atoms with Crippen molar-refractivity contribution >= 4 is 68.2 Å². The van der Waals surface area contributed by atoms with Crippen molar-refractivity contribution in [2.45, 2.75) is 5.41 Å². The molecule has 0 atom stereocenters. The highest BCUT2D eigenvalue weighted by Gasteiger charge is 2.48. The van der Waals surface area contributed by atoms with E-state index in [9.17, 15) is 84.2 Å². The Morgan fingerprint density at radius 2 is 0.303 bits per heavy atom. The van der Waals surface area contributed by atoms with Gasteiger partial charge >= 0.3 is 0 Å². The lowest BCUT2D eigenvalue weighted by Gasteiger charge is -2.39. The van der Waals surface area contributed by atoms with Crippen LogP contribution in [0, 0.1) is 181 Å². The first-order valence-corrected chi connectivity index (χ1v) is 32.5. The summed E-state index contributed by atoms with van der Waals surface area (Å²) in [5, 5.41) is 173. The summed E-state index contributed by atoms with van der Waals surface area (Å²) < 4.78 is 0. The van der Waals surface area contributed by atoms with Crippen LogP contribution in [0.5, 0.6) is 0 Å². The zero-order valence-corrected chi connectivity index (χ0v) is 56.4. The molecule has 12 aromatic carbocycles. The molecule has 1 aliphatic carbocycles. The molecular formula is C89H38N20. The maximum absolute atomic E-state index is 10.8. The number of rotatable bonds is 14. The van der Waals surface area contributed by atoms with Gasteiger partial charge in [-0.2, -0.15) is 84.2 Å². The maximum Gasteiger partial charge on any atom is 0.0992 e. The first kappa shape index (κ1) is 69.2. The Hall–Kier alpha value is -18.3. The second kappa shape index (κ2) is 29.1. The van der Waals surface area contributed by atoms with E-state index in [1.54, 1.807) is 31.7 Å².